The Balaban J connectivity index is 1.64. The minimum atomic E-state index is -0.527. The Morgan fingerprint density at radius 1 is 1.14 bits per heavy atom. The number of hydrogen-bond acceptors (Lipinski definition) is 3. The largest absolute Gasteiger partial charge is 0.326 e. The number of anilines is 1. The molecule has 1 aliphatic rings. The summed E-state index contributed by atoms with van der Waals surface area (Å²) in [6.07, 6.45) is 0.123. The maximum atomic E-state index is 12.3. The lowest BCUT2D eigenvalue weighted by molar-refractivity contribution is -0.137. The van der Waals surface area contributed by atoms with Crippen LogP contribution in [0.4, 0.5) is 5.69 Å². The lowest BCUT2D eigenvalue weighted by Crippen LogP contribution is -2.35. The van der Waals surface area contributed by atoms with Gasteiger partial charge in [-0.1, -0.05) is 48.5 Å². The van der Waals surface area contributed by atoms with Crippen molar-refractivity contribution in [2.24, 2.45) is 0 Å². The zero-order chi connectivity index (χ0) is 15.4. The van der Waals surface area contributed by atoms with Gasteiger partial charge in [0.25, 0.3) is 5.91 Å². The molecule has 0 bridgehead atoms. The molecule has 0 spiro atoms. The first-order valence-corrected chi connectivity index (χ1v) is 7.08. The van der Waals surface area contributed by atoms with E-state index in [9.17, 15) is 9.59 Å². The summed E-state index contributed by atoms with van der Waals surface area (Å²) in [6.45, 7) is 0.285. The van der Waals surface area contributed by atoms with E-state index >= 15 is 0 Å². The molecule has 5 nitrogen and oxygen atoms in total. The van der Waals surface area contributed by atoms with Crippen molar-refractivity contribution in [3.05, 3.63) is 65.7 Å². The molecule has 0 saturated heterocycles. The molecular weight excluding hydrogens is 280 g/mol. The summed E-state index contributed by atoms with van der Waals surface area (Å²) in [5.41, 5.74) is 4.90. The first-order chi connectivity index (χ1) is 10.7. The molecule has 2 aromatic rings. The minimum Gasteiger partial charge on any atom is -0.326 e. The third-order valence-corrected chi connectivity index (χ3v) is 3.57. The molecule has 2 aromatic carbocycles. The Kier molecular flexibility index (Phi) is 4.16. The van der Waals surface area contributed by atoms with Crippen LogP contribution in [0, 0.1) is 0 Å². The number of amides is 2. The number of nitrogens with one attached hydrogen (secondary N) is 2. The molecule has 1 unspecified atom stereocenters. The average Bonchev–Trinajstić information content (AvgIpc) is 2.55. The standard InChI is InChI=1S/C17H16N2O3/c20-16-10-14(13-8-4-5-9-15(13)18-16)17(21)19-22-11-12-6-2-1-3-7-12/h1-9,14H,10-11H2,(H,18,20)(H,19,21). The summed E-state index contributed by atoms with van der Waals surface area (Å²) in [4.78, 5) is 29.2. The predicted molar refractivity (Wildman–Crippen MR) is 81.8 cm³/mol. The van der Waals surface area contributed by atoms with Gasteiger partial charge in [0, 0.05) is 12.1 Å². The Bertz CT molecular complexity index is 685. The average molecular weight is 296 g/mol. The highest BCUT2D eigenvalue weighted by Crippen LogP contribution is 2.31. The minimum absolute atomic E-state index is 0.123. The second-order valence-electron chi connectivity index (χ2n) is 5.13. The zero-order valence-electron chi connectivity index (χ0n) is 11.9. The number of hydroxylamine groups is 1. The Morgan fingerprint density at radius 3 is 2.68 bits per heavy atom. The molecular formula is C17H16N2O3. The van der Waals surface area contributed by atoms with E-state index in [0.717, 1.165) is 11.1 Å². The van der Waals surface area contributed by atoms with Crippen molar-refractivity contribution in [3.8, 4) is 0 Å². The van der Waals surface area contributed by atoms with Crippen LogP contribution in [0.1, 0.15) is 23.5 Å². The van der Waals surface area contributed by atoms with Crippen molar-refractivity contribution in [2.75, 3.05) is 5.32 Å². The number of fused-ring (bicyclic) bond motifs is 1. The Hall–Kier alpha value is -2.66. The van der Waals surface area contributed by atoms with E-state index in [1.807, 2.05) is 48.5 Å². The van der Waals surface area contributed by atoms with Crippen LogP contribution in [-0.4, -0.2) is 11.8 Å². The summed E-state index contributed by atoms with van der Waals surface area (Å²) < 4.78 is 0. The van der Waals surface area contributed by atoms with Crippen molar-refractivity contribution in [2.45, 2.75) is 18.9 Å². The van der Waals surface area contributed by atoms with Crippen LogP contribution in [-0.2, 0) is 21.0 Å². The van der Waals surface area contributed by atoms with Crippen LogP contribution in [0.25, 0.3) is 0 Å². The SMILES string of the molecule is O=C1CC(C(=O)NOCc2ccccc2)c2ccccc2N1. The van der Waals surface area contributed by atoms with Crippen LogP contribution >= 0.6 is 0 Å². The highest BCUT2D eigenvalue weighted by molar-refractivity contribution is 6.00. The van der Waals surface area contributed by atoms with Crippen molar-refractivity contribution < 1.29 is 14.4 Å². The highest BCUT2D eigenvalue weighted by Gasteiger charge is 2.30. The first kappa shape index (κ1) is 14.3. The molecule has 0 saturated carbocycles. The predicted octanol–water partition coefficient (Wildman–Crippen LogP) is 2.36. The lowest BCUT2D eigenvalue weighted by Gasteiger charge is -2.24. The molecule has 0 radical (unpaired) electrons. The maximum absolute atomic E-state index is 12.3. The maximum Gasteiger partial charge on any atom is 0.251 e. The molecule has 3 rings (SSSR count). The summed E-state index contributed by atoms with van der Waals surface area (Å²) in [5.74, 6) is -0.999. The molecule has 1 atom stereocenters. The van der Waals surface area contributed by atoms with Crippen molar-refractivity contribution >= 4 is 17.5 Å². The quantitative estimate of drug-likeness (QED) is 0.851. The number of carbonyl (C=O) groups excluding carboxylic acids is 2. The second kappa shape index (κ2) is 6.41. The number of para-hydroxylation sites is 1. The van der Waals surface area contributed by atoms with Crippen LogP contribution in [0.3, 0.4) is 0 Å². The first-order valence-electron chi connectivity index (χ1n) is 7.08. The number of carbonyl (C=O) groups is 2. The normalized spacial score (nSPS) is 16.5. The van der Waals surface area contributed by atoms with Gasteiger partial charge >= 0.3 is 0 Å². The van der Waals surface area contributed by atoms with Crippen LogP contribution < -0.4 is 10.8 Å². The van der Waals surface area contributed by atoms with E-state index in [2.05, 4.69) is 10.8 Å². The summed E-state index contributed by atoms with van der Waals surface area (Å²) in [6, 6.07) is 16.9. The Morgan fingerprint density at radius 2 is 1.86 bits per heavy atom. The fourth-order valence-electron chi connectivity index (χ4n) is 2.48. The molecule has 2 amide bonds. The number of benzene rings is 2. The summed E-state index contributed by atoms with van der Waals surface area (Å²) in [5, 5.41) is 2.77. The van der Waals surface area contributed by atoms with Gasteiger partial charge in [-0.2, -0.15) is 0 Å². The van der Waals surface area contributed by atoms with Crippen molar-refractivity contribution in [1.29, 1.82) is 0 Å². The smallest absolute Gasteiger partial charge is 0.251 e. The summed E-state index contributed by atoms with van der Waals surface area (Å²) in [7, 11) is 0. The molecule has 0 fully saturated rings. The second-order valence-corrected chi connectivity index (χ2v) is 5.13. The van der Waals surface area contributed by atoms with E-state index in [1.54, 1.807) is 6.07 Å². The van der Waals surface area contributed by atoms with Gasteiger partial charge in [0.05, 0.1) is 12.5 Å². The van der Waals surface area contributed by atoms with Gasteiger partial charge in [0.1, 0.15) is 0 Å². The molecule has 0 aromatic heterocycles. The van der Waals surface area contributed by atoms with E-state index in [1.165, 1.54) is 0 Å². The molecule has 112 valence electrons. The van der Waals surface area contributed by atoms with Gasteiger partial charge in [-0.3, -0.25) is 14.4 Å². The fraction of sp³-hybridized carbons (Fsp3) is 0.176. The van der Waals surface area contributed by atoms with Gasteiger partial charge in [-0.25, -0.2) is 5.48 Å². The van der Waals surface area contributed by atoms with E-state index in [0.29, 0.717) is 5.69 Å². The number of rotatable bonds is 4. The molecule has 1 aliphatic heterocycles. The topological polar surface area (TPSA) is 67.4 Å². The van der Waals surface area contributed by atoms with E-state index < -0.39 is 5.92 Å². The van der Waals surface area contributed by atoms with Gasteiger partial charge in [-0.15, -0.1) is 0 Å². The van der Waals surface area contributed by atoms with E-state index in [-0.39, 0.29) is 24.8 Å². The molecule has 22 heavy (non-hydrogen) atoms. The molecule has 2 N–H and O–H groups in total. The van der Waals surface area contributed by atoms with Gasteiger partial charge in [-0.05, 0) is 17.2 Å². The van der Waals surface area contributed by atoms with Gasteiger partial charge in [0.2, 0.25) is 5.91 Å². The van der Waals surface area contributed by atoms with Crippen molar-refractivity contribution in [1.82, 2.24) is 5.48 Å². The van der Waals surface area contributed by atoms with Crippen LogP contribution in [0.2, 0.25) is 0 Å². The van der Waals surface area contributed by atoms with E-state index in [4.69, 9.17) is 4.84 Å². The molecule has 5 heteroatoms. The zero-order valence-corrected chi connectivity index (χ0v) is 11.9. The van der Waals surface area contributed by atoms with Gasteiger partial charge < -0.3 is 5.32 Å². The third kappa shape index (κ3) is 3.15. The lowest BCUT2D eigenvalue weighted by atomic mass is 9.90. The monoisotopic (exact) mass is 296 g/mol. The highest BCUT2D eigenvalue weighted by atomic mass is 16.6. The molecule has 1 heterocycles. The molecule has 0 aliphatic carbocycles. The number of hydrogen-bond donors (Lipinski definition) is 2. The van der Waals surface area contributed by atoms with Crippen LogP contribution in [0.5, 0.6) is 0 Å². The van der Waals surface area contributed by atoms with Crippen molar-refractivity contribution in [3.63, 3.8) is 0 Å². The fourth-order valence-corrected chi connectivity index (χ4v) is 2.48. The van der Waals surface area contributed by atoms with Crippen LogP contribution in [0.15, 0.2) is 54.6 Å². The summed E-state index contributed by atoms with van der Waals surface area (Å²) >= 11 is 0. The third-order valence-electron chi connectivity index (χ3n) is 3.57. The Labute approximate surface area is 128 Å². The van der Waals surface area contributed by atoms with Gasteiger partial charge in [0.15, 0.2) is 0 Å².